The number of Topliss-reactive ketones (excluding diaryl/α,β-unsaturated/α-hetero) is 1. The van der Waals surface area contributed by atoms with Crippen molar-refractivity contribution in [2.45, 2.75) is 69.3 Å². The van der Waals surface area contributed by atoms with Gasteiger partial charge in [0, 0.05) is 23.4 Å². The predicted octanol–water partition coefficient (Wildman–Crippen LogP) is 3.47. The molecule has 3 fully saturated rings. The molecule has 2 unspecified atom stereocenters. The maximum absolute atomic E-state index is 12.2. The van der Waals surface area contributed by atoms with Crippen LogP contribution >= 0.6 is 11.6 Å². The first kappa shape index (κ1) is 13.9. The summed E-state index contributed by atoms with van der Waals surface area (Å²) in [6, 6.07) is 1.26. The second kappa shape index (κ2) is 5.37. The molecule has 2 aliphatic heterocycles. The van der Waals surface area contributed by atoms with Crippen LogP contribution in [0.4, 0.5) is 0 Å². The second-order valence-corrected chi connectivity index (χ2v) is 7.63. The Balaban J connectivity index is 1.78. The van der Waals surface area contributed by atoms with E-state index in [0.717, 1.165) is 24.8 Å². The van der Waals surface area contributed by atoms with Crippen molar-refractivity contribution in [1.82, 2.24) is 4.90 Å². The van der Waals surface area contributed by atoms with Crippen LogP contribution in [0, 0.1) is 17.8 Å². The fourth-order valence-electron chi connectivity index (χ4n) is 5.07. The number of carbonyl (C=O) groups is 1. The molecule has 0 N–H and O–H groups in total. The average Bonchev–Trinajstić information content (AvgIpc) is 2.63. The molecule has 3 heteroatoms. The number of hydrogen-bond donors (Lipinski definition) is 0. The van der Waals surface area contributed by atoms with Crippen LogP contribution < -0.4 is 0 Å². The summed E-state index contributed by atoms with van der Waals surface area (Å²) >= 11 is 6.24. The van der Waals surface area contributed by atoms with Crippen LogP contribution in [-0.4, -0.2) is 35.2 Å². The van der Waals surface area contributed by atoms with Crippen LogP contribution in [0.2, 0.25) is 0 Å². The van der Waals surface area contributed by atoms with Gasteiger partial charge in [-0.3, -0.25) is 9.69 Å². The Morgan fingerprint density at radius 3 is 2.42 bits per heavy atom. The molecule has 2 saturated heterocycles. The van der Waals surface area contributed by atoms with Crippen molar-refractivity contribution in [1.29, 1.82) is 0 Å². The van der Waals surface area contributed by atoms with E-state index in [1.165, 1.54) is 32.1 Å². The summed E-state index contributed by atoms with van der Waals surface area (Å²) < 4.78 is 0. The lowest BCUT2D eigenvalue weighted by Crippen LogP contribution is -2.51. The Bertz CT molecular complexity index is 351. The maximum atomic E-state index is 12.2. The molecule has 3 aliphatic rings. The molecule has 1 saturated carbocycles. The SMILES string of the molecule is CC(=O)C1C2CC[C@H](C[C@@H]1C1CCC(Cl)CC1)N2C. The third-order valence-corrected chi connectivity index (χ3v) is 6.53. The summed E-state index contributed by atoms with van der Waals surface area (Å²) in [5, 5.41) is 0.384. The van der Waals surface area contributed by atoms with E-state index in [4.69, 9.17) is 11.6 Å². The van der Waals surface area contributed by atoms with Crippen LogP contribution in [0.5, 0.6) is 0 Å². The summed E-state index contributed by atoms with van der Waals surface area (Å²) in [6.45, 7) is 1.82. The van der Waals surface area contributed by atoms with Gasteiger partial charge in [-0.2, -0.15) is 0 Å². The van der Waals surface area contributed by atoms with Crippen LogP contribution in [0.3, 0.4) is 0 Å². The molecule has 0 aromatic carbocycles. The van der Waals surface area contributed by atoms with Crippen molar-refractivity contribution >= 4 is 17.4 Å². The van der Waals surface area contributed by atoms with E-state index in [2.05, 4.69) is 11.9 Å². The minimum atomic E-state index is 0.292. The Morgan fingerprint density at radius 2 is 1.79 bits per heavy atom. The van der Waals surface area contributed by atoms with Crippen molar-refractivity contribution in [3.05, 3.63) is 0 Å². The highest BCUT2D eigenvalue weighted by Gasteiger charge is 2.49. The van der Waals surface area contributed by atoms with Gasteiger partial charge >= 0.3 is 0 Å². The number of alkyl halides is 1. The Hall–Kier alpha value is -0.0800. The number of piperidine rings is 1. The Labute approximate surface area is 121 Å². The first-order chi connectivity index (χ1) is 9.08. The molecule has 108 valence electrons. The summed E-state index contributed by atoms with van der Waals surface area (Å²) in [4.78, 5) is 14.7. The van der Waals surface area contributed by atoms with Gasteiger partial charge in [-0.15, -0.1) is 11.6 Å². The van der Waals surface area contributed by atoms with Gasteiger partial charge in [0.1, 0.15) is 5.78 Å². The first-order valence-corrected chi connectivity index (χ1v) is 8.38. The van der Waals surface area contributed by atoms with E-state index in [1.807, 2.05) is 6.92 Å². The fraction of sp³-hybridized carbons (Fsp3) is 0.938. The number of rotatable bonds is 2. The first-order valence-electron chi connectivity index (χ1n) is 7.94. The number of nitrogens with zero attached hydrogens (tertiary/aromatic N) is 1. The minimum Gasteiger partial charge on any atom is -0.300 e. The minimum absolute atomic E-state index is 0.292. The summed E-state index contributed by atoms with van der Waals surface area (Å²) in [5.74, 6) is 2.10. The highest BCUT2D eigenvalue weighted by Crippen LogP contribution is 2.48. The van der Waals surface area contributed by atoms with Crippen molar-refractivity contribution in [2.75, 3.05) is 7.05 Å². The van der Waals surface area contributed by atoms with Gasteiger partial charge in [-0.1, -0.05) is 0 Å². The molecule has 0 aromatic rings. The molecular formula is C16H26ClNO. The molecule has 0 aromatic heterocycles. The van der Waals surface area contributed by atoms with Gasteiger partial charge in [0.15, 0.2) is 0 Å². The van der Waals surface area contributed by atoms with Gasteiger partial charge in [0.2, 0.25) is 0 Å². The largest absolute Gasteiger partial charge is 0.300 e. The highest BCUT2D eigenvalue weighted by molar-refractivity contribution is 6.20. The third-order valence-electron chi connectivity index (χ3n) is 6.09. The van der Waals surface area contributed by atoms with Gasteiger partial charge in [-0.25, -0.2) is 0 Å². The lowest BCUT2D eigenvalue weighted by atomic mass is 9.67. The molecule has 1 aliphatic carbocycles. The zero-order valence-corrected chi connectivity index (χ0v) is 12.9. The van der Waals surface area contributed by atoms with Crippen molar-refractivity contribution in [3.8, 4) is 0 Å². The lowest BCUT2D eigenvalue weighted by molar-refractivity contribution is -0.128. The smallest absolute Gasteiger partial charge is 0.134 e. The summed E-state index contributed by atoms with van der Waals surface area (Å²) in [6.07, 6.45) is 8.56. The lowest BCUT2D eigenvalue weighted by Gasteiger charge is -2.46. The summed E-state index contributed by atoms with van der Waals surface area (Å²) in [5.41, 5.74) is 0. The molecular weight excluding hydrogens is 258 g/mol. The number of hydrogen-bond acceptors (Lipinski definition) is 2. The number of carbonyl (C=O) groups excluding carboxylic acids is 1. The normalized spacial score (nSPS) is 47.3. The highest BCUT2D eigenvalue weighted by atomic mass is 35.5. The van der Waals surface area contributed by atoms with Gasteiger partial charge < -0.3 is 0 Å². The molecule has 0 spiro atoms. The van der Waals surface area contributed by atoms with E-state index < -0.39 is 0 Å². The zero-order valence-electron chi connectivity index (χ0n) is 12.1. The number of ketones is 1. The van der Waals surface area contributed by atoms with Gasteiger partial charge in [0.25, 0.3) is 0 Å². The van der Waals surface area contributed by atoms with Gasteiger partial charge in [-0.05, 0) is 70.8 Å². The predicted molar refractivity (Wildman–Crippen MR) is 78.5 cm³/mol. The van der Waals surface area contributed by atoms with Crippen LogP contribution in [0.25, 0.3) is 0 Å². The Kier molecular flexibility index (Phi) is 3.92. The van der Waals surface area contributed by atoms with Crippen LogP contribution in [0.15, 0.2) is 0 Å². The maximum Gasteiger partial charge on any atom is 0.134 e. The van der Waals surface area contributed by atoms with Crippen molar-refractivity contribution < 1.29 is 4.79 Å². The monoisotopic (exact) mass is 283 g/mol. The third kappa shape index (κ3) is 2.47. The van der Waals surface area contributed by atoms with E-state index in [1.54, 1.807) is 0 Å². The van der Waals surface area contributed by atoms with Gasteiger partial charge in [0.05, 0.1) is 0 Å². The van der Waals surface area contributed by atoms with E-state index in [9.17, 15) is 4.79 Å². The summed E-state index contributed by atoms with van der Waals surface area (Å²) in [7, 11) is 2.23. The molecule has 4 atom stereocenters. The van der Waals surface area contributed by atoms with E-state index in [0.29, 0.717) is 29.0 Å². The van der Waals surface area contributed by atoms with Crippen LogP contribution in [-0.2, 0) is 4.79 Å². The van der Waals surface area contributed by atoms with Crippen LogP contribution in [0.1, 0.15) is 51.9 Å². The zero-order chi connectivity index (χ0) is 13.6. The molecule has 2 bridgehead atoms. The molecule has 2 nitrogen and oxygen atoms in total. The molecule has 3 rings (SSSR count). The number of halogens is 1. The van der Waals surface area contributed by atoms with Crippen molar-refractivity contribution in [2.24, 2.45) is 17.8 Å². The second-order valence-electron chi connectivity index (χ2n) is 7.01. The number of fused-ring (bicyclic) bond motifs is 2. The molecule has 19 heavy (non-hydrogen) atoms. The van der Waals surface area contributed by atoms with E-state index >= 15 is 0 Å². The quantitative estimate of drug-likeness (QED) is 0.723. The average molecular weight is 284 g/mol. The standard InChI is InChI=1S/C16H26ClNO/c1-10(19)16-14(11-3-5-12(17)6-4-11)9-13-7-8-15(16)18(13)2/h11-16H,3-9H2,1-2H3/t11?,12?,13-,14-,15?,16?/m1/s1. The van der Waals surface area contributed by atoms with Crippen molar-refractivity contribution in [3.63, 3.8) is 0 Å². The Morgan fingerprint density at radius 1 is 1.11 bits per heavy atom. The van der Waals surface area contributed by atoms with E-state index in [-0.39, 0.29) is 0 Å². The topological polar surface area (TPSA) is 20.3 Å². The molecule has 0 amide bonds. The molecule has 2 heterocycles. The molecule has 0 radical (unpaired) electrons. The fourth-order valence-corrected chi connectivity index (χ4v) is 5.32.